The van der Waals surface area contributed by atoms with Gasteiger partial charge < -0.3 is 15.5 Å². The van der Waals surface area contributed by atoms with Gasteiger partial charge in [0.1, 0.15) is 0 Å². The topological polar surface area (TPSA) is 44.4 Å². The minimum Gasteiger partial charge on any atom is -0.322 e. The van der Waals surface area contributed by atoms with Gasteiger partial charge in [0.15, 0.2) is 0 Å². The summed E-state index contributed by atoms with van der Waals surface area (Å²) in [4.78, 5) is 13.6. The highest BCUT2D eigenvalue weighted by atomic mass is 16.2. The Kier molecular flexibility index (Phi) is 3.61. The van der Waals surface area contributed by atoms with Gasteiger partial charge in [-0.15, -0.1) is 0 Å². The molecule has 2 amide bonds. The second-order valence-corrected chi connectivity index (χ2v) is 4.20. The molecule has 1 saturated heterocycles. The molecule has 2 N–H and O–H groups in total. The molecule has 0 bridgehead atoms. The number of hydrogen-bond donors (Lipinski definition) is 2. The predicted octanol–water partition coefficient (Wildman–Crippen LogP) is 1.06. The Bertz CT molecular complexity index is 249. The van der Waals surface area contributed by atoms with E-state index in [0.717, 1.165) is 39.0 Å². The Morgan fingerprint density at radius 1 is 1.27 bits per heavy atom. The van der Waals surface area contributed by atoms with Crippen molar-refractivity contribution in [1.82, 2.24) is 15.5 Å². The molecule has 2 rings (SSSR count). The Morgan fingerprint density at radius 2 is 1.93 bits per heavy atom. The number of nitrogens with one attached hydrogen (secondary N) is 2. The van der Waals surface area contributed by atoms with Crippen molar-refractivity contribution >= 4 is 6.03 Å². The Balaban J connectivity index is 1.78. The maximum atomic E-state index is 11.7. The zero-order chi connectivity index (χ0) is 10.5. The molecule has 0 atom stereocenters. The monoisotopic (exact) mass is 209 g/mol. The average molecular weight is 209 g/mol. The molecule has 1 aliphatic carbocycles. The van der Waals surface area contributed by atoms with Gasteiger partial charge in [-0.3, -0.25) is 0 Å². The lowest BCUT2D eigenvalue weighted by atomic mass is 10.2. The molecule has 0 radical (unpaired) electrons. The molecule has 0 aromatic rings. The van der Waals surface area contributed by atoms with Crippen LogP contribution in [0.25, 0.3) is 0 Å². The first-order valence-corrected chi connectivity index (χ1v) is 5.80. The van der Waals surface area contributed by atoms with E-state index in [1.165, 1.54) is 18.4 Å². The van der Waals surface area contributed by atoms with Crippen molar-refractivity contribution in [2.75, 3.05) is 26.2 Å². The van der Waals surface area contributed by atoms with Crippen molar-refractivity contribution in [2.45, 2.75) is 25.7 Å². The first-order chi connectivity index (χ1) is 7.36. The summed E-state index contributed by atoms with van der Waals surface area (Å²) >= 11 is 0. The summed E-state index contributed by atoms with van der Waals surface area (Å²) in [6, 6.07) is 0.0518. The fraction of sp³-hybridized carbons (Fsp3) is 0.727. The van der Waals surface area contributed by atoms with Crippen LogP contribution in [0.4, 0.5) is 4.79 Å². The second-order valence-electron chi connectivity index (χ2n) is 4.20. The van der Waals surface area contributed by atoms with E-state index in [0.29, 0.717) is 0 Å². The van der Waals surface area contributed by atoms with Gasteiger partial charge in [-0.05, 0) is 25.7 Å². The number of allylic oxidation sites excluding steroid dienone is 1. The van der Waals surface area contributed by atoms with E-state index in [4.69, 9.17) is 0 Å². The van der Waals surface area contributed by atoms with Crippen molar-refractivity contribution in [3.63, 3.8) is 0 Å². The SMILES string of the molecule is O=C(NC=C1CCCC1)N1CCNCC1. The molecule has 0 aromatic carbocycles. The minimum atomic E-state index is 0.0518. The number of urea groups is 1. The molecule has 1 heterocycles. The normalized spacial score (nSPS) is 21.6. The van der Waals surface area contributed by atoms with Crippen molar-refractivity contribution in [2.24, 2.45) is 0 Å². The zero-order valence-corrected chi connectivity index (χ0v) is 9.09. The van der Waals surface area contributed by atoms with Gasteiger partial charge in [0.05, 0.1) is 0 Å². The number of amides is 2. The van der Waals surface area contributed by atoms with Crippen LogP contribution in [0.5, 0.6) is 0 Å². The van der Waals surface area contributed by atoms with Gasteiger partial charge in [-0.25, -0.2) is 4.79 Å². The van der Waals surface area contributed by atoms with Gasteiger partial charge >= 0.3 is 6.03 Å². The van der Waals surface area contributed by atoms with Crippen LogP contribution in [0, 0.1) is 0 Å². The number of nitrogens with zero attached hydrogens (tertiary/aromatic N) is 1. The molecule has 15 heavy (non-hydrogen) atoms. The molecule has 1 aliphatic heterocycles. The summed E-state index contributed by atoms with van der Waals surface area (Å²) in [5.74, 6) is 0. The Hall–Kier alpha value is -1.03. The average Bonchev–Trinajstić information content (AvgIpc) is 2.80. The van der Waals surface area contributed by atoms with Crippen molar-refractivity contribution < 1.29 is 4.79 Å². The van der Waals surface area contributed by atoms with Crippen LogP contribution >= 0.6 is 0 Å². The molecule has 2 fully saturated rings. The maximum Gasteiger partial charge on any atom is 0.321 e. The molecule has 2 aliphatic rings. The molecule has 1 saturated carbocycles. The number of piperazine rings is 1. The summed E-state index contributed by atoms with van der Waals surface area (Å²) in [5, 5.41) is 6.12. The van der Waals surface area contributed by atoms with Gasteiger partial charge in [0.25, 0.3) is 0 Å². The quantitative estimate of drug-likeness (QED) is 0.678. The van der Waals surface area contributed by atoms with Gasteiger partial charge in [-0.2, -0.15) is 0 Å². The Labute approximate surface area is 90.7 Å². The Morgan fingerprint density at radius 3 is 2.60 bits per heavy atom. The molecular formula is C11H19N3O. The first kappa shape index (κ1) is 10.5. The standard InChI is InChI=1S/C11H19N3O/c15-11(14-7-5-12-6-8-14)13-9-10-3-1-2-4-10/h9,12H,1-8H2,(H,13,15). The maximum absolute atomic E-state index is 11.7. The molecule has 0 aromatic heterocycles. The highest BCUT2D eigenvalue weighted by Gasteiger charge is 2.15. The van der Waals surface area contributed by atoms with Crippen LogP contribution in [0.3, 0.4) is 0 Å². The third kappa shape index (κ3) is 2.96. The van der Waals surface area contributed by atoms with Crippen LogP contribution < -0.4 is 10.6 Å². The van der Waals surface area contributed by atoms with Crippen molar-refractivity contribution in [1.29, 1.82) is 0 Å². The van der Waals surface area contributed by atoms with E-state index in [9.17, 15) is 4.79 Å². The summed E-state index contributed by atoms with van der Waals surface area (Å²) in [7, 11) is 0. The van der Waals surface area contributed by atoms with E-state index in [1.54, 1.807) is 0 Å². The highest BCUT2D eigenvalue weighted by molar-refractivity contribution is 5.75. The third-order valence-corrected chi connectivity index (χ3v) is 3.05. The largest absolute Gasteiger partial charge is 0.322 e. The summed E-state index contributed by atoms with van der Waals surface area (Å²) in [5.41, 5.74) is 1.39. The number of carbonyl (C=O) groups is 1. The molecular weight excluding hydrogens is 190 g/mol. The minimum absolute atomic E-state index is 0.0518. The number of hydrogen-bond acceptors (Lipinski definition) is 2. The smallest absolute Gasteiger partial charge is 0.321 e. The van der Waals surface area contributed by atoms with Gasteiger partial charge in [-0.1, -0.05) is 5.57 Å². The van der Waals surface area contributed by atoms with Crippen molar-refractivity contribution in [3.05, 3.63) is 11.8 Å². The summed E-state index contributed by atoms with van der Waals surface area (Å²) < 4.78 is 0. The van der Waals surface area contributed by atoms with E-state index >= 15 is 0 Å². The third-order valence-electron chi connectivity index (χ3n) is 3.05. The van der Waals surface area contributed by atoms with Gasteiger partial charge in [0.2, 0.25) is 0 Å². The molecule has 4 nitrogen and oxygen atoms in total. The first-order valence-electron chi connectivity index (χ1n) is 5.80. The molecule has 0 spiro atoms. The summed E-state index contributed by atoms with van der Waals surface area (Å²) in [6.45, 7) is 3.44. The van der Waals surface area contributed by atoms with E-state index < -0.39 is 0 Å². The lowest BCUT2D eigenvalue weighted by Crippen LogP contribution is -2.49. The number of carbonyl (C=O) groups excluding carboxylic acids is 1. The predicted molar refractivity (Wildman–Crippen MR) is 59.5 cm³/mol. The molecule has 0 unspecified atom stereocenters. The van der Waals surface area contributed by atoms with Crippen molar-refractivity contribution in [3.8, 4) is 0 Å². The highest BCUT2D eigenvalue weighted by Crippen LogP contribution is 2.22. The zero-order valence-electron chi connectivity index (χ0n) is 9.09. The van der Waals surface area contributed by atoms with Crippen LogP contribution in [-0.2, 0) is 0 Å². The fourth-order valence-corrected chi connectivity index (χ4v) is 2.10. The van der Waals surface area contributed by atoms with E-state index in [2.05, 4.69) is 10.6 Å². The number of rotatable bonds is 1. The van der Waals surface area contributed by atoms with Crippen LogP contribution in [0.15, 0.2) is 11.8 Å². The second kappa shape index (κ2) is 5.16. The summed E-state index contributed by atoms with van der Waals surface area (Å²) in [6.07, 6.45) is 6.77. The van der Waals surface area contributed by atoms with Crippen LogP contribution in [0.1, 0.15) is 25.7 Å². The lowest BCUT2D eigenvalue weighted by molar-refractivity contribution is 0.194. The van der Waals surface area contributed by atoms with E-state index in [1.807, 2.05) is 11.1 Å². The van der Waals surface area contributed by atoms with E-state index in [-0.39, 0.29) is 6.03 Å². The van der Waals surface area contributed by atoms with Gasteiger partial charge in [0, 0.05) is 32.4 Å². The fourth-order valence-electron chi connectivity index (χ4n) is 2.10. The molecule has 84 valence electrons. The van der Waals surface area contributed by atoms with Crippen LogP contribution in [-0.4, -0.2) is 37.1 Å². The lowest BCUT2D eigenvalue weighted by Gasteiger charge is -2.26. The van der Waals surface area contributed by atoms with Crippen LogP contribution in [0.2, 0.25) is 0 Å². The molecule has 4 heteroatoms.